The van der Waals surface area contributed by atoms with Crippen LogP contribution >= 0.6 is 0 Å². The molecule has 1 N–H and O–H groups in total. The molecule has 0 aromatic rings. The number of amides is 1. The first-order valence-electron chi connectivity index (χ1n) is 6.95. The topological polar surface area (TPSA) is 66.5 Å². The first-order chi connectivity index (χ1) is 8.66. The number of rotatable bonds is 4. The molecule has 1 heterocycles. The second-order valence-electron chi connectivity index (χ2n) is 6.21. The second kappa shape index (κ2) is 6.22. The standard InChI is InChI=1S/C13H26N2O3S/c1-5-10-19(17,18)15-8-6-11(7-9-15)14-12(16)13(2,3)4/h11H,5-10H2,1-4H3,(H,14,16). The highest BCUT2D eigenvalue weighted by Gasteiger charge is 2.30. The van der Waals surface area contributed by atoms with Crippen LogP contribution in [-0.4, -0.2) is 43.5 Å². The van der Waals surface area contributed by atoms with Gasteiger partial charge >= 0.3 is 0 Å². The van der Waals surface area contributed by atoms with E-state index in [0.717, 1.165) is 0 Å². The van der Waals surface area contributed by atoms with Crippen molar-refractivity contribution >= 4 is 15.9 Å². The van der Waals surface area contributed by atoms with Crippen molar-refractivity contribution in [2.24, 2.45) is 5.41 Å². The molecule has 0 atom stereocenters. The second-order valence-corrected chi connectivity index (χ2v) is 8.30. The maximum Gasteiger partial charge on any atom is 0.225 e. The molecule has 1 saturated heterocycles. The third kappa shape index (κ3) is 4.76. The number of carbonyl (C=O) groups excluding carboxylic acids is 1. The fourth-order valence-corrected chi connectivity index (χ4v) is 3.61. The summed E-state index contributed by atoms with van der Waals surface area (Å²) in [5.74, 6) is 0.244. The van der Waals surface area contributed by atoms with Gasteiger partial charge in [0.25, 0.3) is 0 Å². The van der Waals surface area contributed by atoms with Gasteiger partial charge in [0.2, 0.25) is 15.9 Å². The molecule has 0 saturated carbocycles. The summed E-state index contributed by atoms with van der Waals surface area (Å²) in [5.41, 5.74) is -0.397. The molecule has 0 bridgehead atoms. The highest BCUT2D eigenvalue weighted by Crippen LogP contribution is 2.18. The lowest BCUT2D eigenvalue weighted by molar-refractivity contribution is -0.129. The zero-order valence-electron chi connectivity index (χ0n) is 12.4. The Labute approximate surface area is 116 Å². The van der Waals surface area contributed by atoms with Gasteiger partial charge in [-0.3, -0.25) is 4.79 Å². The molecule has 0 radical (unpaired) electrons. The Kier molecular flexibility index (Phi) is 5.38. The first kappa shape index (κ1) is 16.4. The molecular weight excluding hydrogens is 264 g/mol. The van der Waals surface area contributed by atoms with Crippen molar-refractivity contribution in [3.8, 4) is 0 Å². The van der Waals surface area contributed by atoms with Crippen LogP contribution in [-0.2, 0) is 14.8 Å². The summed E-state index contributed by atoms with van der Waals surface area (Å²) in [6.07, 6.45) is 2.04. The summed E-state index contributed by atoms with van der Waals surface area (Å²) < 4.78 is 25.4. The van der Waals surface area contributed by atoms with Crippen LogP contribution in [0.2, 0.25) is 0 Å². The summed E-state index contributed by atoms with van der Waals surface area (Å²) in [4.78, 5) is 11.9. The fraction of sp³-hybridized carbons (Fsp3) is 0.923. The van der Waals surface area contributed by atoms with E-state index in [1.807, 2.05) is 27.7 Å². The molecule has 0 unspecified atom stereocenters. The van der Waals surface area contributed by atoms with E-state index in [4.69, 9.17) is 0 Å². The van der Waals surface area contributed by atoms with Crippen LogP contribution < -0.4 is 5.32 Å². The van der Waals surface area contributed by atoms with Crippen LogP contribution in [0.3, 0.4) is 0 Å². The molecule has 0 aliphatic carbocycles. The quantitative estimate of drug-likeness (QED) is 0.850. The summed E-state index contributed by atoms with van der Waals surface area (Å²) in [7, 11) is -3.09. The Morgan fingerprint density at radius 1 is 1.26 bits per heavy atom. The van der Waals surface area contributed by atoms with Crippen LogP contribution in [0.15, 0.2) is 0 Å². The van der Waals surface area contributed by atoms with Gasteiger partial charge in [-0.15, -0.1) is 0 Å². The van der Waals surface area contributed by atoms with E-state index in [-0.39, 0.29) is 17.7 Å². The van der Waals surface area contributed by atoms with E-state index >= 15 is 0 Å². The zero-order chi connectivity index (χ0) is 14.7. The van der Waals surface area contributed by atoms with E-state index in [1.54, 1.807) is 4.31 Å². The summed E-state index contributed by atoms with van der Waals surface area (Å²) in [6, 6.07) is 0.0970. The monoisotopic (exact) mass is 290 g/mol. The Hall–Kier alpha value is -0.620. The van der Waals surface area contributed by atoms with Crippen molar-refractivity contribution in [3.63, 3.8) is 0 Å². The molecule has 6 heteroatoms. The summed E-state index contributed by atoms with van der Waals surface area (Å²) in [6.45, 7) is 8.53. The number of nitrogens with one attached hydrogen (secondary N) is 1. The average Bonchev–Trinajstić information content (AvgIpc) is 2.28. The lowest BCUT2D eigenvalue weighted by Gasteiger charge is -2.33. The van der Waals surface area contributed by atoms with Crippen molar-refractivity contribution in [2.75, 3.05) is 18.8 Å². The normalized spacial score (nSPS) is 19.4. The third-order valence-corrected chi connectivity index (χ3v) is 5.40. The first-order valence-corrected chi connectivity index (χ1v) is 8.56. The molecule has 1 rings (SSSR count). The van der Waals surface area contributed by atoms with Crippen LogP contribution in [0.1, 0.15) is 47.0 Å². The van der Waals surface area contributed by atoms with Gasteiger partial charge in [-0.2, -0.15) is 0 Å². The Morgan fingerprint density at radius 2 is 1.79 bits per heavy atom. The number of carbonyl (C=O) groups is 1. The van der Waals surface area contributed by atoms with Gasteiger partial charge in [-0.1, -0.05) is 27.7 Å². The van der Waals surface area contributed by atoms with Gasteiger partial charge in [0.05, 0.1) is 5.75 Å². The van der Waals surface area contributed by atoms with Gasteiger partial charge in [0.15, 0.2) is 0 Å². The van der Waals surface area contributed by atoms with E-state index in [2.05, 4.69) is 5.32 Å². The van der Waals surface area contributed by atoms with Crippen LogP contribution in [0.25, 0.3) is 0 Å². The van der Waals surface area contributed by atoms with Gasteiger partial charge < -0.3 is 5.32 Å². The number of piperidine rings is 1. The zero-order valence-corrected chi connectivity index (χ0v) is 13.2. The predicted molar refractivity (Wildman–Crippen MR) is 76.3 cm³/mol. The number of hydrogen-bond acceptors (Lipinski definition) is 3. The summed E-state index contributed by atoms with van der Waals surface area (Å²) in [5, 5.41) is 3.00. The van der Waals surface area contributed by atoms with Gasteiger partial charge in [-0.05, 0) is 19.3 Å². The van der Waals surface area contributed by atoms with Gasteiger partial charge in [-0.25, -0.2) is 12.7 Å². The molecule has 5 nitrogen and oxygen atoms in total. The lowest BCUT2D eigenvalue weighted by Crippen LogP contribution is -2.49. The van der Waals surface area contributed by atoms with E-state index in [0.29, 0.717) is 32.4 Å². The van der Waals surface area contributed by atoms with Crippen molar-refractivity contribution in [1.82, 2.24) is 9.62 Å². The van der Waals surface area contributed by atoms with Crippen LogP contribution in [0, 0.1) is 5.41 Å². The molecule has 19 heavy (non-hydrogen) atoms. The van der Waals surface area contributed by atoms with Gasteiger partial charge in [0, 0.05) is 24.5 Å². The molecule has 1 aliphatic rings. The SMILES string of the molecule is CCCS(=O)(=O)N1CCC(NC(=O)C(C)(C)C)CC1. The Balaban J connectivity index is 2.48. The van der Waals surface area contributed by atoms with Crippen molar-refractivity contribution < 1.29 is 13.2 Å². The molecule has 112 valence electrons. The van der Waals surface area contributed by atoms with Crippen LogP contribution in [0.5, 0.6) is 0 Å². The number of nitrogens with zero attached hydrogens (tertiary/aromatic N) is 1. The molecular formula is C13H26N2O3S. The molecule has 0 spiro atoms. The number of sulfonamides is 1. The van der Waals surface area contributed by atoms with E-state index < -0.39 is 15.4 Å². The van der Waals surface area contributed by atoms with Crippen molar-refractivity contribution in [2.45, 2.75) is 53.0 Å². The molecule has 0 aromatic heterocycles. The Bertz CT molecular complexity index is 404. The van der Waals surface area contributed by atoms with Crippen LogP contribution in [0.4, 0.5) is 0 Å². The minimum absolute atomic E-state index is 0.0300. The minimum atomic E-state index is -3.09. The lowest BCUT2D eigenvalue weighted by atomic mass is 9.94. The molecule has 1 aliphatic heterocycles. The van der Waals surface area contributed by atoms with Gasteiger partial charge in [0.1, 0.15) is 0 Å². The van der Waals surface area contributed by atoms with E-state index in [1.165, 1.54) is 0 Å². The fourth-order valence-electron chi connectivity index (χ4n) is 2.07. The summed E-state index contributed by atoms with van der Waals surface area (Å²) >= 11 is 0. The number of hydrogen-bond donors (Lipinski definition) is 1. The molecule has 0 aromatic carbocycles. The van der Waals surface area contributed by atoms with Crippen molar-refractivity contribution in [1.29, 1.82) is 0 Å². The van der Waals surface area contributed by atoms with Crippen molar-refractivity contribution in [3.05, 3.63) is 0 Å². The third-order valence-electron chi connectivity index (χ3n) is 3.33. The Morgan fingerprint density at radius 3 is 2.21 bits per heavy atom. The predicted octanol–water partition coefficient (Wildman–Crippen LogP) is 1.35. The highest BCUT2D eigenvalue weighted by molar-refractivity contribution is 7.89. The average molecular weight is 290 g/mol. The molecule has 1 fully saturated rings. The smallest absolute Gasteiger partial charge is 0.225 e. The largest absolute Gasteiger partial charge is 0.353 e. The van der Waals surface area contributed by atoms with E-state index in [9.17, 15) is 13.2 Å². The maximum atomic E-state index is 11.9. The highest BCUT2D eigenvalue weighted by atomic mass is 32.2. The molecule has 1 amide bonds. The minimum Gasteiger partial charge on any atom is -0.353 e. The maximum absolute atomic E-state index is 11.9.